The molecule has 29 heavy (non-hydrogen) atoms. The molecule has 2 heterocycles. The van der Waals surface area contributed by atoms with Gasteiger partial charge < -0.3 is 71.0 Å². The Kier molecular flexibility index (Phi) is 15.9. The maximum absolute atomic E-state index is 11.1. The number of sulfone groups is 2. The minimum atomic E-state index is -2.78. The van der Waals surface area contributed by atoms with Crippen LogP contribution in [0.5, 0.6) is 0 Å². The van der Waals surface area contributed by atoms with E-state index in [9.17, 15) is 16.8 Å². The monoisotopic (exact) mass is 546 g/mol. The predicted molar refractivity (Wildman–Crippen MR) is 132 cm³/mol. The fourth-order valence-electron chi connectivity index (χ4n) is 2.79. The second-order valence-corrected chi connectivity index (χ2v) is 13.1. The number of hydrogen-bond acceptors (Lipinski definition) is 10. The van der Waals surface area contributed by atoms with E-state index in [1.54, 1.807) is 0 Å². The summed E-state index contributed by atoms with van der Waals surface area (Å²) in [5, 5.41) is 11.9. The molecule has 0 bridgehead atoms. The molecule has 2 fully saturated rings. The van der Waals surface area contributed by atoms with Gasteiger partial charge in [0.2, 0.25) is 0 Å². The van der Waals surface area contributed by atoms with E-state index in [0.717, 1.165) is 0 Å². The molecule has 4 N–H and O–H groups in total. The number of nitrogens with one attached hydrogen (secondary N) is 4. The van der Waals surface area contributed by atoms with E-state index in [-0.39, 0.29) is 61.3 Å². The summed E-state index contributed by atoms with van der Waals surface area (Å²) >= 11 is 18.6. The molecule has 8 nitrogen and oxygen atoms in total. The first-order valence-corrected chi connectivity index (χ1v) is 14.0. The van der Waals surface area contributed by atoms with E-state index in [1.807, 2.05) is 0 Å². The van der Waals surface area contributed by atoms with Crippen molar-refractivity contribution in [3.8, 4) is 0 Å². The quantitative estimate of drug-likeness (QED) is 0.117. The van der Waals surface area contributed by atoms with Crippen LogP contribution in [0, 0.1) is 0 Å². The zero-order valence-electron chi connectivity index (χ0n) is 16.0. The number of hydrogen-bond donors (Lipinski definition) is 4. The molecule has 2 saturated heterocycles. The molecule has 0 aromatic heterocycles. The smallest absolute Gasteiger partial charge is 0.412 e. The van der Waals surface area contributed by atoms with Crippen LogP contribution in [0.2, 0.25) is 0 Å². The first-order valence-electron chi connectivity index (χ1n) is 8.76. The van der Waals surface area contributed by atoms with Gasteiger partial charge in [0.1, 0.15) is 0 Å². The maximum Gasteiger partial charge on any atom is 2.00 e. The molecule has 0 saturated carbocycles. The minimum absolute atomic E-state index is 0. The molecule has 0 radical (unpaired) electrons. The van der Waals surface area contributed by atoms with Crippen LogP contribution in [-0.4, -0.2) is 124 Å². The molecule has 2 unspecified atom stereocenters. The largest absolute Gasteiger partial charge is 2.00 e. The van der Waals surface area contributed by atoms with Gasteiger partial charge in [0.05, 0.1) is 23.0 Å². The van der Waals surface area contributed by atoms with Crippen LogP contribution in [0.4, 0.5) is 0 Å². The van der Waals surface area contributed by atoms with Gasteiger partial charge in [-0.3, -0.25) is 0 Å². The standard InChI is InChI=1S/2C7H14N2O2S3.Ca/c2*10-14(11)4-1-6(5-14)8-2-3-9-7(12)13;/h2*6,8H,1-5H2,(H2,9,12,13);/q;;+2/p-2. The SMILES string of the molecule is O=S1(=O)CCC(NCCNC(=S)[S-])C1.O=S1(=O)CCC(NCCNC(=S)[S-])C1.[Ca+2]. The molecule has 0 amide bonds. The van der Waals surface area contributed by atoms with E-state index in [1.165, 1.54) is 0 Å². The van der Waals surface area contributed by atoms with Crippen molar-refractivity contribution in [3.63, 3.8) is 0 Å². The zero-order chi connectivity index (χ0) is 21.2. The molecule has 0 spiro atoms. The van der Waals surface area contributed by atoms with Gasteiger partial charge >= 0.3 is 37.7 Å². The van der Waals surface area contributed by atoms with Gasteiger partial charge in [-0.25, -0.2) is 16.8 Å². The van der Waals surface area contributed by atoms with Crippen LogP contribution in [0.15, 0.2) is 0 Å². The van der Waals surface area contributed by atoms with Crippen LogP contribution in [0.1, 0.15) is 12.8 Å². The van der Waals surface area contributed by atoms with Gasteiger partial charge in [0, 0.05) is 38.3 Å². The van der Waals surface area contributed by atoms with E-state index in [2.05, 4.69) is 71.0 Å². The van der Waals surface area contributed by atoms with E-state index < -0.39 is 19.7 Å². The molecule has 2 rings (SSSR count). The topological polar surface area (TPSA) is 116 Å². The van der Waals surface area contributed by atoms with Crippen molar-refractivity contribution in [1.82, 2.24) is 21.3 Å². The van der Waals surface area contributed by atoms with Gasteiger partial charge in [-0.05, 0) is 12.8 Å². The average Bonchev–Trinajstić information content (AvgIpc) is 3.09. The third kappa shape index (κ3) is 15.7. The van der Waals surface area contributed by atoms with Crippen LogP contribution >= 0.6 is 24.4 Å². The van der Waals surface area contributed by atoms with Gasteiger partial charge in [-0.2, -0.15) is 0 Å². The summed E-state index contributed by atoms with van der Waals surface area (Å²) in [4.78, 5) is 0. The third-order valence-corrected chi connectivity index (χ3v) is 8.23. The van der Waals surface area contributed by atoms with Crippen LogP contribution < -0.4 is 21.3 Å². The predicted octanol–water partition coefficient (Wildman–Crippen LogP) is -2.01. The van der Waals surface area contributed by atoms with E-state index in [0.29, 0.717) is 59.2 Å². The summed E-state index contributed by atoms with van der Waals surface area (Å²) < 4.78 is 45.1. The van der Waals surface area contributed by atoms with E-state index in [4.69, 9.17) is 0 Å². The third-order valence-electron chi connectivity index (χ3n) is 4.12. The minimum Gasteiger partial charge on any atom is -0.412 e. The Morgan fingerprint density at radius 2 is 1.10 bits per heavy atom. The molecule has 2 aliphatic rings. The normalized spacial score (nSPS) is 23.9. The summed E-state index contributed by atoms with van der Waals surface area (Å²) in [7, 11) is -5.56. The molecule has 15 heteroatoms. The van der Waals surface area contributed by atoms with Crippen molar-refractivity contribution < 1.29 is 16.8 Å². The van der Waals surface area contributed by atoms with Crippen molar-refractivity contribution >= 4 is 116 Å². The van der Waals surface area contributed by atoms with Crippen LogP contribution in [0.3, 0.4) is 0 Å². The fraction of sp³-hybridized carbons (Fsp3) is 0.857. The van der Waals surface area contributed by atoms with Gasteiger partial charge in [-0.15, -0.1) is 0 Å². The molecule has 2 atom stereocenters. The number of thiocarbonyl (C=S) groups is 2. The van der Waals surface area contributed by atoms with Crippen molar-refractivity contribution in [3.05, 3.63) is 0 Å². The summed E-state index contributed by atoms with van der Waals surface area (Å²) in [6, 6.07) is 0.195. The van der Waals surface area contributed by atoms with Crippen LogP contribution in [-0.2, 0) is 44.9 Å². The zero-order valence-corrected chi connectivity index (χ0v) is 23.1. The molecule has 0 aliphatic carbocycles. The Bertz CT molecular complexity index is 672. The molecule has 0 aromatic rings. The molecular weight excluding hydrogens is 521 g/mol. The Morgan fingerprint density at radius 1 is 0.759 bits per heavy atom. The van der Waals surface area contributed by atoms with Crippen molar-refractivity contribution in [1.29, 1.82) is 0 Å². The van der Waals surface area contributed by atoms with Gasteiger partial charge in [0.15, 0.2) is 19.7 Å². The molecule has 164 valence electrons. The van der Waals surface area contributed by atoms with Crippen molar-refractivity contribution in [2.75, 3.05) is 49.2 Å². The average molecular weight is 547 g/mol. The summed E-state index contributed by atoms with van der Waals surface area (Å²) in [5.74, 6) is 1.12. The van der Waals surface area contributed by atoms with Crippen molar-refractivity contribution in [2.24, 2.45) is 0 Å². The first kappa shape index (κ1) is 30.3. The Labute approximate surface area is 225 Å². The summed E-state index contributed by atoms with van der Waals surface area (Å²) in [6.07, 6.45) is 1.42. The Balaban J connectivity index is 0.000000523. The maximum atomic E-state index is 11.1. The Morgan fingerprint density at radius 3 is 1.34 bits per heavy atom. The van der Waals surface area contributed by atoms with E-state index >= 15 is 0 Å². The van der Waals surface area contributed by atoms with Gasteiger partial charge in [-0.1, -0.05) is 8.64 Å². The second kappa shape index (κ2) is 15.2. The van der Waals surface area contributed by atoms with Crippen molar-refractivity contribution in [2.45, 2.75) is 24.9 Å². The number of rotatable bonds is 8. The second-order valence-electron chi connectivity index (χ2n) is 6.54. The summed E-state index contributed by atoms with van der Waals surface area (Å²) in [5.41, 5.74) is 0. The molecule has 0 aromatic carbocycles. The fourth-order valence-corrected chi connectivity index (χ4v) is 6.62. The Hall–Kier alpha value is 1.30. The summed E-state index contributed by atoms with van der Waals surface area (Å²) in [6.45, 7) is 2.69. The van der Waals surface area contributed by atoms with Crippen LogP contribution in [0.25, 0.3) is 0 Å². The molecule has 2 aliphatic heterocycles. The first-order chi connectivity index (χ1) is 13.0. The molecular formula is C14H26CaN4O4S6. The van der Waals surface area contributed by atoms with Gasteiger partial charge in [0.25, 0.3) is 0 Å².